The standard InChI is InChI=1S/C14H15FN2O4/c15-9-2-1-8-3-4-16(11(8)5-9)14(21)17-7-10(18)6-12(17)13(19)20/h1-2,5,10,12,18H,3-4,6-7H2,(H,19,20)/t10?,12-/m0/s1. The zero-order valence-corrected chi connectivity index (χ0v) is 11.2. The fourth-order valence-electron chi connectivity index (χ4n) is 2.97. The molecule has 112 valence electrons. The van der Waals surface area contributed by atoms with E-state index in [0.717, 1.165) is 10.5 Å². The summed E-state index contributed by atoms with van der Waals surface area (Å²) in [6.45, 7) is 0.369. The van der Waals surface area contributed by atoms with Crippen molar-refractivity contribution in [1.82, 2.24) is 4.90 Å². The summed E-state index contributed by atoms with van der Waals surface area (Å²) in [5, 5.41) is 18.8. The van der Waals surface area contributed by atoms with Crippen molar-refractivity contribution in [3.05, 3.63) is 29.6 Å². The molecule has 6 nitrogen and oxygen atoms in total. The van der Waals surface area contributed by atoms with E-state index >= 15 is 0 Å². The Labute approximate surface area is 120 Å². The Balaban J connectivity index is 1.87. The summed E-state index contributed by atoms with van der Waals surface area (Å²) in [4.78, 5) is 26.3. The lowest BCUT2D eigenvalue weighted by molar-refractivity contribution is -0.141. The number of benzene rings is 1. The molecule has 0 bridgehead atoms. The number of urea groups is 1. The van der Waals surface area contributed by atoms with Gasteiger partial charge in [0.25, 0.3) is 0 Å². The third-order valence-corrected chi connectivity index (χ3v) is 3.98. The van der Waals surface area contributed by atoms with Gasteiger partial charge < -0.3 is 15.1 Å². The van der Waals surface area contributed by atoms with Crippen LogP contribution in [0.4, 0.5) is 14.9 Å². The highest BCUT2D eigenvalue weighted by atomic mass is 19.1. The van der Waals surface area contributed by atoms with Gasteiger partial charge >= 0.3 is 12.0 Å². The summed E-state index contributed by atoms with van der Waals surface area (Å²) in [6.07, 6.45) is -0.218. The molecule has 1 aromatic carbocycles. The molecule has 1 saturated heterocycles. The molecule has 0 radical (unpaired) electrons. The predicted octanol–water partition coefficient (Wildman–Crippen LogP) is 0.828. The minimum Gasteiger partial charge on any atom is -0.480 e. The monoisotopic (exact) mass is 294 g/mol. The lowest BCUT2D eigenvalue weighted by Gasteiger charge is -2.27. The smallest absolute Gasteiger partial charge is 0.326 e. The van der Waals surface area contributed by atoms with E-state index in [1.54, 1.807) is 6.07 Å². The molecule has 1 fully saturated rings. The maximum Gasteiger partial charge on any atom is 0.326 e. The van der Waals surface area contributed by atoms with E-state index in [-0.39, 0.29) is 13.0 Å². The Morgan fingerprint density at radius 3 is 2.81 bits per heavy atom. The fraction of sp³-hybridized carbons (Fsp3) is 0.429. The number of aliphatic carboxylic acids is 1. The first kappa shape index (κ1) is 13.8. The first-order valence-corrected chi connectivity index (χ1v) is 6.75. The number of likely N-dealkylation sites (tertiary alicyclic amines) is 1. The van der Waals surface area contributed by atoms with Gasteiger partial charge in [0, 0.05) is 19.5 Å². The maximum atomic E-state index is 13.4. The van der Waals surface area contributed by atoms with Crippen molar-refractivity contribution in [3.8, 4) is 0 Å². The number of nitrogens with zero attached hydrogens (tertiary/aromatic N) is 2. The zero-order chi connectivity index (χ0) is 15.1. The molecule has 0 spiro atoms. The number of halogens is 1. The molecule has 2 amide bonds. The largest absolute Gasteiger partial charge is 0.480 e. The maximum absolute atomic E-state index is 13.4. The van der Waals surface area contributed by atoms with Crippen LogP contribution in [0.5, 0.6) is 0 Å². The van der Waals surface area contributed by atoms with Crippen molar-refractivity contribution < 1.29 is 24.2 Å². The van der Waals surface area contributed by atoms with E-state index in [0.29, 0.717) is 18.7 Å². The summed E-state index contributed by atoms with van der Waals surface area (Å²) < 4.78 is 13.4. The van der Waals surface area contributed by atoms with Crippen molar-refractivity contribution in [1.29, 1.82) is 0 Å². The summed E-state index contributed by atoms with van der Waals surface area (Å²) in [5.41, 5.74) is 1.34. The lowest BCUT2D eigenvalue weighted by atomic mass is 10.2. The van der Waals surface area contributed by atoms with E-state index in [1.807, 2.05) is 0 Å². The van der Waals surface area contributed by atoms with Gasteiger partial charge in [-0.2, -0.15) is 0 Å². The third kappa shape index (κ3) is 2.33. The molecule has 1 aromatic rings. The molecule has 3 rings (SSSR count). The lowest BCUT2D eigenvalue weighted by Crippen LogP contribution is -2.47. The molecule has 2 aliphatic heterocycles. The number of carbonyl (C=O) groups is 2. The number of fused-ring (bicyclic) bond motifs is 1. The van der Waals surface area contributed by atoms with Crippen LogP contribution in [0.15, 0.2) is 18.2 Å². The van der Waals surface area contributed by atoms with Gasteiger partial charge in [-0.1, -0.05) is 6.07 Å². The van der Waals surface area contributed by atoms with Crippen LogP contribution in [-0.2, 0) is 11.2 Å². The highest BCUT2D eigenvalue weighted by molar-refractivity contribution is 5.96. The van der Waals surface area contributed by atoms with Crippen LogP contribution in [0.2, 0.25) is 0 Å². The minimum absolute atomic E-state index is 0.0169. The molecular weight excluding hydrogens is 279 g/mol. The van der Waals surface area contributed by atoms with Crippen molar-refractivity contribution >= 4 is 17.7 Å². The average molecular weight is 294 g/mol. The van der Waals surface area contributed by atoms with Crippen LogP contribution in [0.3, 0.4) is 0 Å². The highest BCUT2D eigenvalue weighted by Gasteiger charge is 2.42. The van der Waals surface area contributed by atoms with Gasteiger partial charge in [0.2, 0.25) is 0 Å². The summed E-state index contributed by atoms with van der Waals surface area (Å²) in [7, 11) is 0. The van der Waals surface area contributed by atoms with Crippen molar-refractivity contribution in [2.24, 2.45) is 0 Å². The number of carboxylic acids is 1. The van der Waals surface area contributed by atoms with Gasteiger partial charge in [-0.25, -0.2) is 14.0 Å². The quantitative estimate of drug-likeness (QED) is 0.804. The van der Waals surface area contributed by atoms with Gasteiger partial charge in [0.05, 0.1) is 11.8 Å². The predicted molar refractivity (Wildman–Crippen MR) is 71.6 cm³/mol. The SMILES string of the molecule is O=C(O)[C@@H]1CC(O)CN1C(=O)N1CCc2ccc(F)cc21. The molecule has 1 unspecified atom stereocenters. The van der Waals surface area contributed by atoms with E-state index in [4.69, 9.17) is 5.11 Å². The first-order chi connectivity index (χ1) is 9.97. The number of carboxylic acid groups (broad SMARTS) is 1. The topological polar surface area (TPSA) is 81.1 Å². The molecule has 0 aromatic heterocycles. The van der Waals surface area contributed by atoms with Crippen LogP contribution in [0.1, 0.15) is 12.0 Å². The number of anilines is 1. The molecule has 7 heteroatoms. The number of rotatable bonds is 1. The molecular formula is C14H15FN2O4. The number of aliphatic hydroxyl groups is 1. The summed E-state index contributed by atoms with van der Waals surface area (Å²) in [5.74, 6) is -1.58. The fourth-order valence-corrected chi connectivity index (χ4v) is 2.97. The molecule has 2 aliphatic rings. The zero-order valence-electron chi connectivity index (χ0n) is 11.2. The number of β-amino-alcohol motifs (C(OH)–C–C–N with tert-alkyl or cyclic N) is 1. The third-order valence-electron chi connectivity index (χ3n) is 3.98. The van der Waals surface area contributed by atoms with Crippen molar-refractivity contribution in [3.63, 3.8) is 0 Å². The van der Waals surface area contributed by atoms with Crippen LogP contribution in [-0.4, -0.2) is 52.3 Å². The first-order valence-electron chi connectivity index (χ1n) is 6.75. The second-order valence-electron chi connectivity index (χ2n) is 5.35. The van der Waals surface area contributed by atoms with Gasteiger partial charge in [0.1, 0.15) is 11.9 Å². The van der Waals surface area contributed by atoms with Gasteiger partial charge in [-0.15, -0.1) is 0 Å². The number of aliphatic hydroxyl groups excluding tert-OH is 1. The molecule has 2 atom stereocenters. The Morgan fingerprint density at radius 2 is 2.10 bits per heavy atom. The Bertz CT molecular complexity index is 607. The number of carbonyl (C=O) groups excluding carboxylic acids is 1. The second kappa shape index (κ2) is 5.00. The average Bonchev–Trinajstić information content (AvgIpc) is 3.01. The molecule has 21 heavy (non-hydrogen) atoms. The van der Waals surface area contributed by atoms with Gasteiger partial charge in [-0.3, -0.25) is 4.90 Å². The molecule has 2 heterocycles. The van der Waals surface area contributed by atoms with Crippen LogP contribution in [0, 0.1) is 5.82 Å². The van der Waals surface area contributed by atoms with Crippen molar-refractivity contribution in [2.45, 2.75) is 25.0 Å². The van der Waals surface area contributed by atoms with Crippen molar-refractivity contribution in [2.75, 3.05) is 18.0 Å². The van der Waals surface area contributed by atoms with Crippen LogP contribution < -0.4 is 4.90 Å². The Kier molecular flexibility index (Phi) is 3.29. The van der Waals surface area contributed by atoms with Crippen LogP contribution >= 0.6 is 0 Å². The Hall–Kier alpha value is -2.15. The van der Waals surface area contributed by atoms with E-state index < -0.39 is 30.0 Å². The Morgan fingerprint density at radius 1 is 1.33 bits per heavy atom. The van der Waals surface area contributed by atoms with E-state index in [1.165, 1.54) is 17.0 Å². The minimum atomic E-state index is -1.14. The van der Waals surface area contributed by atoms with Gasteiger partial charge in [0.15, 0.2) is 0 Å². The normalized spacial score (nSPS) is 24.3. The van der Waals surface area contributed by atoms with E-state index in [2.05, 4.69) is 0 Å². The molecule has 0 saturated carbocycles. The highest BCUT2D eigenvalue weighted by Crippen LogP contribution is 2.31. The number of hydrogen-bond donors (Lipinski definition) is 2. The van der Waals surface area contributed by atoms with Gasteiger partial charge in [-0.05, 0) is 24.1 Å². The van der Waals surface area contributed by atoms with Crippen LogP contribution in [0.25, 0.3) is 0 Å². The number of amides is 2. The second-order valence-corrected chi connectivity index (χ2v) is 5.35. The number of hydrogen-bond acceptors (Lipinski definition) is 3. The summed E-state index contributed by atoms with van der Waals surface area (Å²) in [6, 6.07) is 2.72. The molecule has 0 aliphatic carbocycles. The summed E-state index contributed by atoms with van der Waals surface area (Å²) >= 11 is 0. The molecule has 2 N–H and O–H groups in total. The van der Waals surface area contributed by atoms with E-state index in [9.17, 15) is 19.1 Å².